The third-order valence-corrected chi connectivity index (χ3v) is 5.64. The number of aryl methyl sites for hydroxylation is 1. The molecule has 1 amide bonds. The number of nitrogens with zero attached hydrogens (tertiary/aromatic N) is 3. The lowest BCUT2D eigenvalue weighted by atomic mass is 10.0. The van der Waals surface area contributed by atoms with Gasteiger partial charge in [-0.1, -0.05) is 30.3 Å². The van der Waals surface area contributed by atoms with Crippen LogP contribution in [0.15, 0.2) is 60.7 Å². The van der Waals surface area contributed by atoms with Crippen molar-refractivity contribution in [3.05, 3.63) is 77.6 Å². The van der Waals surface area contributed by atoms with E-state index < -0.39 is 0 Å². The zero-order valence-corrected chi connectivity index (χ0v) is 17.5. The van der Waals surface area contributed by atoms with Gasteiger partial charge in [-0.2, -0.15) is 5.10 Å². The Hall–Kier alpha value is -3.12. The molecule has 2 heterocycles. The highest BCUT2D eigenvalue weighted by Gasteiger charge is 2.25. The smallest absolute Gasteiger partial charge is 0.271 e. The molecule has 1 saturated heterocycles. The zero-order valence-electron chi connectivity index (χ0n) is 17.5. The van der Waals surface area contributed by atoms with Crippen molar-refractivity contribution in [2.45, 2.75) is 25.8 Å². The molecule has 0 saturated carbocycles. The van der Waals surface area contributed by atoms with Crippen LogP contribution in [0.3, 0.4) is 0 Å². The van der Waals surface area contributed by atoms with Gasteiger partial charge in [0.05, 0.1) is 18.8 Å². The number of para-hydroxylation sites is 1. The first-order valence-corrected chi connectivity index (χ1v) is 10.4. The number of benzene rings is 2. The molecule has 2 aromatic carbocycles. The third kappa shape index (κ3) is 4.39. The van der Waals surface area contributed by atoms with Gasteiger partial charge in [0.1, 0.15) is 5.75 Å². The van der Waals surface area contributed by atoms with E-state index in [-0.39, 0.29) is 11.9 Å². The van der Waals surface area contributed by atoms with Gasteiger partial charge in [0.15, 0.2) is 5.69 Å². The second-order valence-corrected chi connectivity index (χ2v) is 7.66. The Balaban J connectivity index is 1.50. The first kappa shape index (κ1) is 20.2. The standard InChI is InChI=1S/C24H28N4O2/c1-18-15-22(26-28(18)20-10-4-3-5-11-20)24(29)25-17-23(27-13-6-7-14-27)19-9-8-12-21(16-19)30-2/h3-5,8-12,15-16,23H,6-7,13-14,17H2,1-2H3,(H,25,29). The Morgan fingerprint density at radius 1 is 1.10 bits per heavy atom. The van der Waals surface area contributed by atoms with Gasteiger partial charge in [-0.15, -0.1) is 0 Å². The Morgan fingerprint density at radius 3 is 2.60 bits per heavy atom. The molecule has 156 valence electrons. The van der Waals surface area contributed by atoms with E-state index in [1.807, 2.05) is 55.5 Å². The summed E-state index contributed by atoms with van der Waals surface area (Å²) in [6, 6.07) is 19.9. The Kier molecular flexibility index (Phi) is 6.14. The number of nitrogens with one attached hydrogen (secondary N) is 1. The minimum Gasteiger partial charge on any atom is -0.497 e. The normalized spacial score (nSPS) is 15.1. The lowest BCUT2D eigenvalue weighted by Gasteiger charge is -2.28. The zero-order chi connectivity index (χ0) is 20.9. The number of amides is 1. The summed E-state index contributed by atoms with van der Waals surface area (Å²) in [6.45, 7) is 4.57. The number of carbonyl (C=O) groups excluding carboxylic acids is 1. The lowest BCUT2D eigenvalue weighted by Crippen LogP contribution is -2.37. The van der Waals surface area contributed by atoms with Crippen LogP contribution < -0.4 is 10.1 Å². The van der Waals surface area contributed by atoms with Gasteiger partial charge in [0.2, 0.25) is 0 Å². The third-order valence-electron chi connectivity index (χ3n) is 5.64. The molecule has 3 aromatic rings. The molecule has 0 radical (unpaired) electrons. The average Bonchev–Trinajstić information content (AvgIpc) is 3.45. The van der Waals surface area contributed by atoms with Crippen LogP contribution in [-0.4, -0.2) is 47.3 Å². The van der Waals surface area contributed by atoms with Gasteiger partial charge in [0, 0.05) is 12.2 Å². The van der Waals surface area contributed by atoms with Gasteiger partial charge in [-0.25, -0.2) is 4.68 Å². The minimum absolute atomic E-state index is 0.115. The summed E-state index contributed by atoms with van der Waals surface area (Å²) >= 11 is 0. The molecule has 1 N–H and O–H groups in total. The van der Waals surface area contributed by atoms with E-state index in [2.05, 4.69) is 27.4 Å². The molecule has 30 heavy (non-hydrogen) atoms. The Bertz CT molecular complexity index is 993. The Morgan fingerprint density at radius 2 is 1.87 bits per heavy atom. The molecule has 6 heteroatoms. The lowest BCUT2D eigenvalue weighted by molar-refractivity contribution is 0.0932. The van der Waals surface area contributed by atoms with E-state index in [0.29, 0.717) is 12.2 Å². The highest BCUT2D eigenvalue weighted by molar-refractivity contribution is 5.92. The highest BCUT2D eigenvalue weighted by atomic mass is 16.5. The summed E-state index contributed by atoms with van der Waals surface area (Å²) < 4.78 is 7.20. The fourth-order valence-electron chi connectivity index (χ4n) is 4.06. The number of rotatable bonds is 7. The molecular weight excluding hydrogens is 376 g/mol. The summed E-state index contributed by atoms with van der Waals surface area (Å²) in [4.78, 5) is 15.3. The van der Waals surface area contributed by atoms with Gasteiger partial charge in [0.25, 0.3) is 5.91 Å². The first-order valence-electron chi connectivity index (χ1n) is 10.4. The monoisotopic (exact) mass is 404 g/mol. The molecule has 6 nitrogen and oxygen atoms in total. The summed E-state index contributed by atoms with van der Waals surface area (Å²) in [7, 11) is 1.68. The van der Waals surface area contributed by atoms with E-state index in [1.165, 1.54) is 12.8 Å². The molecular formula is C24H28N4O2. The van der Waals surface area contributed by atoms with Crippen molar-refractivity contribution in [1.82, 2.24) is 20.0 Å². The maximum atomic E-state index is 12.9. The van der Waals surface area contributed by atoms with Gasteiger partial charge >= 0.3 is 0 Å². The molecule has 0 spiro atoms. The molecule has 0 aliphatic carbocycles. The fraction of sp³-hybridized carbons (Fsp3) is 0.333. The summed E-state index contributed by atoms with van der Waals surface area (Å²) in [6.07, 6.45) is 2.38. The number of hydrogen-bond acceptors (Lipinski definition) is 4. The predicted octanol–water partition coefficient (Wildman–Crippen LogP) is 3.76. The molecule has 1 fully saturated rings. The van der Waals surface area contributed by atoms with Crippen molar-refractivity contribution in [2.75, 3.05) is 26.7 Å². The molecule has 4 rings (SSSR count). The van der Waals surface area contributed by atoms with E-state index in [4.69, 9.17) is 4.74 Å². The van der Waals surface area contributed by atoms with Crippen molar-refractivity contribution in [3.63, 3.8) is 0 Å². The quantitative estimate of drug-likeness (QED) is 0.651. The second kappa shape index (κ2) is 9.13. The Labute approximate surface area is 177 Å². The number of hydrogen-bond donors (Lipinski definition) is 1. The van der Waals surface area contributed by atoms with Crippen molar-refractivity contribution in [1.29, 1.82) is 0 Å². The molecule has 1 atom stereocenters. The molecule has 1 unspecified atom stereocenters. The number of aromatic nitrogens is 2. The maximum absolute atomic E-state index is 12.9. The molecule has 1 aromatic heterocycles. The number of methoxy groups -OCH3 is 1. The minimum atomic E-state index is -0.153. The van der Waals surface area contributed by atoms with Crippen LogP contribution in [0.1, 0.15) is 40.6 Å². The number of ether oxygens (including phenoxy) is 1. The van der Waals surface area contributed by atoms with Crippen molar-refractivity contribution in [3.8, 4) is 11.4 Å². The van der Waals surface area contributed by atoms with Crippen LogP contribution in [0.25, 0.3) is 5.69 Å². The van der Waals surface area contributed by atoms with Gasteiger partial charge in [-0.05, 0) is 68.8 Å². The summed E-state index contributed by atoms with van der Waals surface area (Å²) in [5.41, 5.74) is 3.46. The van der Waals surface area contributed by atoms with E-state index >= 15 is 0 Å². The van der Waals surface area contributed by atoms with Gasteiger partial charge < -0.3 is 10.1 Å². The van der Waals surface area contributed by atoms with E-state index in [1.54, 1.807) is 11.8 Å². The van der Waals surface area contributed by atoms with E-state index in [0.717, 1.165) is 35.8 Å². The fourth-order valence-corrected chi connectivity index (χ4v) is 4.06. The highest BCUT2D eigenvalue weighted by Crippen LogP contribution is 2.27. The summed E-state index contributed by atoms with van der Waals surface area (Å²) in [5.74, 6) is 0.681. The van der Waals surface area contributed by atoms with Crippen LogP contribution in [0.4, 0.5) is 0 Å². The van der Waals surface area contributed by atoms with Crippen molar-refractivity contribution < 1.29 is 9.53 Å². The van der Waals surface area contributed by atoms with Crippen molar-refractivity contribution >= 4 is 5.91 Å². The maximum Gasteiger partial charge on any atom is 0.271 e. The number of likely N-dealkylation sites (tertiary alicyclic amines) is 1. The van der Waals surface area contributed by atoms with E-state index in [9.17, 15) is 4.79 Å². The molecule has 1 aliphatic heterocycles. The number of carbonyl (C=O) groups is 1. The van der Waals surface area contributed by atoms with Gasteiger partial charge in [-0.3, -0.25) is 9.69 Å². The van der Waals surface area contributed by atoms with Crippen LogP contribution >= 0.6 is 0 Å². The van der Waals surface area contributed by atoms with Crippen molar-refractivity contribution in [2.24, 2.45) is 0 Å². The van der Waals surface area contributed by atoms with Crippen LogP contribution in [-0.2, 0) is 0 Å². The molecule has 1 aliphatic rings. The SMILES string of the molecule is COc1cccc(C(CNC(=O)c2cc(C)n(-c3ccccc3)n2)N2CCCC2)c1. The topological polar surface area (TPSA) is 59.4 Å². The predicted molar refractivity (Wildman–Crippen MR) is 117 cm³/mol. The largest absolute Gasteiger partial charge is 0.497 e. The van der Waals surface area contributed by atoms with Crippen LogP contribution in [0.2, 0.25) is 0 Å². The second-order valence-electron chi connectivity index (χ2n) is 7.66. The summed E-state index contributed by atoms with van der Waals surface area (Å²) in [5, 5.41) is 7.63. The van der Waals surface area contributed by atoms with Crippen LogP contribution in [0.5, 0.6) is 5.75 Å². The average molecular weight is 405 g/mol. The van der Waals surface area contributed by atoms with Crippen LogP contribution in [0, 0.1) is 6.92 Å². The first-order chi connectivity index (χ1) is 14.7. The molecule has 0 bridgehead atoms.